The van der Waals surface area contributed by atoms with Gasteiger partial charge in [-0.25, -0.2) is 4.79 Å². The molecule has 30 heavy (non-hydrogen) atoms. The molecule has 166 valence electrons. The lowest BCUT2D eigenvalue weighted by molar-refractivity contribution is -0.129. The number of rotatable bonds is 8. The van der Waals surface area contributed by atoms with Crippen molar-refractivity contribution in [1.82, 2.24) is 15.5 Å². The number of carbonyl (C=O) groups is 3. The standard InChI is InChI=1S/C23H35N3O4/c1-15(2)16(3)25-22(28)19-10-12-26(13-11-19)17(4)21(27)24-14-18-6-8-20(9-7-18)23(29)30-5/h6-9,15-17,19H,10-14H2,1-5H3,(H,24,27)(H,25,28)/t16-,17+/m1/s1. The molecule has 2 atom stereocenters. The molecule has 1 aliphatic heterocycles. The van der Waals surface area contributed by atoms with Crippen LogP contribution in [0.5, 0.6) is 0 Å². The molecule has 2 amide bonds. The van der Waals surface area contributed by atoms with Gasteiger partial charge in [-0.2, -0.15) is 0 Å². The molecule has 0 radical (unpaired) electrons. The minimum atomic E-state index is -0.380. The van der Waals surface area contributed by atoms with Crippen molar-refractivity contribution < 1.29 is 19.1 Å². The molecule has 1 saturated heterocycles. The molecule has 0 saturated carbocycles. The first-order valence-electron chi connectivity index (χ1n) is 10.7. The van der Waals surface area contributed by atoms with Gasteiger partial charge in [0, 0.05) is 18.5 Å². The molecule has 0 aromatic heterocycles. The van der Waals surface area contributed by atoms with Gasteiger partial charge in [-0.15, -0.1) is 0 Å². The first-order valence-corrected chi connectivity index (χ1v) is 10.7. The predicted octanol–water partition coefficient (Wildman–Crippen LogP) is 2.35. The summed E-state index contributed by atoms with van der Waals surface area (Å²) in [7, 11) is 1.35. The number of likely N-dealkylation sites (tertiary alicyclic amines) is 1. The number of esters is 1. The molecular formula is C23H35N3O4. The van der Waals surface area contributed by atoms with Crippen molar-refractivity contribution in [2.75, 3.05) is 20.2 Å². The fourth-order valence-electron chi connectivity index (χ4n) is 3.44. The lowest BCUT2D eigenvalue weighted by Gasteiger charge is -2.35. The highest BCUT2D eigenvalue weighted by atomic mass is 16.5. The van der Waals surface area contributed by atoms with Crippen molar-refractivity contribution in [3.63, 3.8) is 0 Å². The van der Waals surface area contributed by atoms with Crippen molar-refractivity contribution in [1.29, 1.82) is 0 Å². The summed E-state index contributed by atoms with van der Waals surface area (Å²) in [6, 6.07) is 6.90. The highest BCUT2D eigenvalue weighted by molar-refractivity contribution is 5.89. The van der Waals surface area contributed by atoms with Crippen molar-refractivity contribution in [3.05, 3.63) is 35.4 Å². The number of hydrogen-bond donors (Lipinski definition) is 2. The van der Waals surface area contributed by atoms with Crippen LogP contribution in [-0.4, -0.2) is 55.0 Å². The van der Waals surface area contributed by atoms with E-state index in [4.69, 9.17) is 0 Å². The minimum absolute atomic E-state index is 0.0195. The lowest BCUT2D eigenvalue weighted by atomic mass is 9.94. The lowest BCUT2D eigenvalue weighted by Crippen LogP contribution is -2.50. The van der Waals surface area contributed by atoms with Crippen molar-refractivity contribution in [2.45, 2.75) is 59.2 Å². The Balaban J connectivity index is 1.78. The quantitative estimate of drug-likeness (QED) is 0.634. The summed E-state index contributed by atoms with van der Waals surface area (Å²) in [5.41, 5.74) is 1.40. The molecule has 1 aromatic rings. The number of carbonyl (C=O) groups excluding carboxylic acids is 3. The van der Waals surface area contributed by atoms with Crippen molar-refractivity contribution in [3.8, 4) is 0 Å². The van der Waals surface area contributed by atoms with E-state index < -0.39 is 0 Å². The third-order valence-electron chi connectivity index (χ3n) is 6.04. The Morgan fingerprint density at radius 3 is 2.20 bits per heavy atom. The summed E-state index contributed by atoms with van der Waals surface area (Å²) >= 11 is 0. The fraction of sp³-hybridized carbons (Fsp3) is 0.609. The first kappa shape index (κ1) is 23.9. The zero-order valence-electron chi connectivity index (χ0n) is 18.7. The van der Waals surface area contributed by atoms with Gasteiger partial charge in [0.15, 0.2) is 0 Å². The summed E-state index contributed by atoms with van der Waals surface area (Å²) in [4.78, 5) is 38.6. The third-order valence-corrected chi connectivity index (χ3v) is 6.04. The van der Waals surface area contributed by atoms with E-state index in [2.05, 4.69) is 34.1 Å². The Bertz CT molecular complexity index is 724. The number of amides is 2. The van der Waals surface area contributed by atoms with E-state index in [1.54, 1.807) is 24.3 Å². The number of piperidine rings is 1. The highest BCUT2D eigenvalue weighted by Crippen LogP contribution is 2.20. The van der Waals surface area contributed by atoms with Crippen LogP contribution in [0.2, 0.25) is 0 Å². The van der Waals surface area contributed by atoms with E-state index >= 15 is 0 Å². The zero-order valence-corrected chi connectivity index (χ0v) is 18.7. The van der Waals surface area contributed by atoms with Crippen LogP contribution >= 0.6 is 0 Å². The Hall–Kier alpha value is -2.41. The minimum Gasteiger partial charge on any atom is -0.465 e. The Labute approximate surface area is 179 Å². The molecule has 0 bridgehead atoms. The van der Waals surface area contributed by atoms with Gasteiger partial charge in [0.25, 0.3) is 0 Å². The maximum absolute atomic E-state index is 12.6. The van der Waals surface area contributed by atoms with Crippen LogP contribution in [0.15, 0.2) is 24.3 Å². The second-order valence-corrected chi connectivity index (χ2v) is 8.43. The summed E-state index contributed by atoms with van der Waals surface area (Å²) in [6.07, 6.45) is 1.53. The van der Waals surface area contributed by atoms with Crippen molar-refractivity contribution in [2.24, 2.45) is 11.8 Å². The molecule has 2 rings (SSSR count). The van der Waals surface area contributed by atoms with E-state index in [-0.39, 0.29) is 35.8 Å². The molecule has 7 heteroatoms. The summed E-state index contributed by atoms with van der Waals surface area (Å²) in [5.74, 6) is 0.141. The largest absolute Gasteiger partial charge is 0.465 e. The second kappa shape index (κ2) is 11.1. The SMILES string of the molecule is COC(=O)c1ccc(CNC(=O)[C@H](C)N2CCC(C(=O)N[C@H](C)C(C)C)CC2)cc1. The predicted molar refractivity (Wildman–Crippen MR) is 116 cm³/mol. The average Bonchev–Trinajstić information content (AvgIpc) is 2.76. The number of methoxy groups -OCH3 is 1. The van der Waals surface area contributed by atoms with Crippen LogP contribution in [0.4, 0.5) is 0 Å². The van der Waals surface area contributed by atoms with Gasteiger partial charge in [-0.3, -0.25) is 14.5 Å². The molecule has 0 spiro atoms. The maximum atomic E-state index is 12.6. The van der Waals surface area contributed by atoms with Gasteiger partial charge < -0.3 is 15.4 Å². The summed E-state index contributed by atoms with van der Waals surface area (Å²) in [5, 5.41) is 6.06. The number of nitrogens with zero attached hydrogens (tertiary/aromatic N) is 1. The number of hydrogen-bond acceptors (Lipinski definition) is 5. The zero-order chi connectivity index (χ0) is 22.3. The molecule has 0 unspecified atom stereocenters. The molecule has 0 aliphatic carbocycles. The molecule has 7 nitrogen and oxygen atoms in total. The van der Waals surface area contributed by atoms with Crippen LogP contribution in [0.3, 0.4) is 0 Å². The Kier molecular flexibility index (Phi) is 8.84. The van der Waals surface area contributed by atoms with Gasteiger partial charge in [-0.1, -0.05) is 26.0 Å². The van der Waals surface area contributed by atoms with Gasteiger partial charge in [0.1, 0.15) is 0 Å². The molecule has 1 aliphatic rings. The van der Waals surface area contributed by atoms with E-state index in [1.807, 2.05) is 13.8 Å². The summed E-state index contributed by atoms with van der Waals surface area (Å²) < 4.78 is 4.69. The topological polar surface area (TPSA) is 87.7 Å². The molecule has 2 N–H and O–H groups in total. The van der Waals surface area contributed by atoms with Gasteiger partial charge in [0.05, 0.1) is 18.7 Å². The van der Waals surface area contributed by atoms with Gasteiger partial charge >= 0.3 is 5.97 Å². The van der Waals surface area contributed by atoms with Gasteiger partial charge in [-0.05, 0) is 63.4 Å². The van der Waals surface area contributed by atoms with E-state index in [1.165, 1.54) is 7.11 Å². The third kappa shape index (κ3) is 6.55. The fourth-order valence-corrected chi connectivity index (χ4v) is 3.44. The number of ether oxygens (including phenoxy) is 1. The van der Waals surface area contributed by atoms with E-state index in [0.717, 1.165) is 31.5 Å². The van der Waals surface area contributed by atoms with Crippen LogP contribution in [0, 0.1) is 11.8 Å². The van der Waals surface area contributed by atoms with Crippen LogP contribution in [0.25, 0.3) is 0 Å². The number of benzene rings is 1. The summed E-state index contributed by atoms with van der Waals surface area (Å²) in [6.45, 7) is 10.00. The second-order valence-electron chi connectivity index (χ2n) is 8.43. The Morgan fingerprint density at radius 1 is 1.07 bits per heavy atom. The van der Waals surface area contributed by atoms with Crippen LogP contribution in [0.1, 0.15) is 56.5 Å². The molecule has 1 fully saturated rings. The Morgan fingerprint density at radius 2 is 1.67 bits per heavy atom. The molecule has 1 aromatic carbocycles. The van der Waals surface area contributed by atoms with Crippen LogP contribution in [-0.2, 0) is 20.9 Å². The normalized spacial score (nSPS) is 17.3. The molecule has 1 heterocycles. The molecular weight excluding hydrogens is 382 g/mol. The highest BCUT2D eigenvalue weighted by Gasteiger charge is 2.30. The van der Waals surface area contributed by atoms with E-state index in [0.29, 0.717) is 18.0 Å². The average molecular weight is 418 g/mol. The van der Waals surface area contributed by atoms with Crippen LogP contribution < -0.4 is 10.6 Å². The van der Waals surface area contributed by atoms with Gasteiger partial charge in [0.2, 0.25) is 11.8 Å². The van der Waals surface area contributed by atoms with E-state index in [9.17, 15) is 14.4 Å². The number of nitrogens with one attached hydrogen (secondary N) is 2. The smallest absolute Gasteiger partial charge is 0.337 e. The monoisotopic (exact) mass is 417 g/mol. The first-order chi connectivity index (χ1) is 14.2. The van der Waals surface area contributed by atoms with Crippen molar-refractivity contribution >= 4 is 17.8 Å². The maximum Gasteiger partial charge on any atom is 0.337 e.